The van der Waals surface area contributed by atoms with Crippen LogP contribution in [0.1, 0.15) is 32.4 Å². The van der Waals surface area contributed by atoms with Gasteiger partial charge in [-0.3, -0.25) is 4.79 Å². The van der Waals surface area contributed by atoms with Crippen LogP contribution in [0.15, 0.2) is 24.3 Å². The molecule has 1 saturated heterocycles. The molecule has 0 saturated carbocycles. The predicted octanol–water partition coefficient (Wildman–Crippen LogP) is 2.60. The van der Waals surface area contributed by atoms with Crippen LogP contribution in [-0.2, 0) is 11.2 Å². The van der Waals surface area contributed by atoms with E-state index in [1.54, 1.807) is 25.1 Å². The van der Waals surface area contributed by atoms with E-state index in [0.29, 0.717) is 17.4 Å². The van der Waals surface area contributed by atoms with Crippen LogP contribution in [-0.4, -0.2) is 47.2 Å². The minimum absolute atomic E-state index is 0.0112. The molecule has 150 valence electrons. The van der Waals surface area contributed by atoms with Crippen LogP contribution in [0.25, 0.3) is 0 Å². The highest BCUT2D eigenvalue weighted by Crippen LogP contribution is 2.30. The first-order chi connectivity index (χ1) is 13.5. The van der Waals surface area contributed by atoms with Crippen molar-refractivity contribution >= 4 is 23.4 Å². The average Bonchev–Trinajstić information content (AvgIpc) is 3.10. The number of amides is 1. The second-order valence-electron chi connectivity index (χ2n) is 6.93. The molecule has 1 aliphatic rings. The Morgan fingerprint density at radius 1 is 1.36 bits per heavy atom. The third-order valence-electron chi connectivity index (χ3n) is 4.63. The number of phenolic OH excluding ortho intramolecular Hbond substituents is 1. The van der Waals surface area contributed by atoms with Crippen molar-refractivity contribution in [1.29, 1.82) is 0 Å². The molecule has 2 aromatic rings. The summed E-state index contributed by atoms with van der Waals surface area (Å²) < 4.78 is 5.08. The van der Waals surface area contributed by atoms with E-state index in [4.69, 9.17) is 4.74 Å². The molecule has 0 radical (unpaired) electrons. The summed E-state index contributed by atoms with van der Waals surface area (Å²) in [6.07, 6.45) is 2.72. The number of nitrogens with one attached hydrogen (secondary N) is 2. The number of rotatable bonds is 7. The SMILES string of the molecule is CCCc1cc(N2CCC(NC(C)=O)C2)nc(Nc2ccc(OC)c(O)c2)n1. The molecule has 1 unspecified atom stereocenters. The largest absolute Gasteiger partial charge is 0.504 e. The third kappa shape index (κ3) is 4.82. The third-order valence-corrected chi connectivity index (χ3v) is 4.63. The van der Waals surface area contributed by atoms with E-state index in [2.05, 4.69) is 32.4 Å². The number of phenols is 1. The Kier molecular flexibility index (Phi) is 6.18. The van der Waals surface area contributed by atoms with Crippen molar-refractivity contribution in [3.63, 3.8) is 0 Å². The first kappa shape index (κ1) is 19.7. The van der Waals surface area contributed by atoms with Crippen molar-refractivity contribution in [3.8, 4) is 11.5 Å². The summed E-state index contributed by atoms with van der Waals surface area (Å²) in [5.74, 6) is 1.77. The van der Waals surface area contributed by atoms with Crippen molar-refractivity contribution in [1.82, 2.24) is 15.3 Å². The minimum Gasteiger partial charge on any atom is -0.504 e. The molecule has 0 bridgehead atoms. The Morgan fingerprint density at radius 2 is 2.18 bits per heavy atom. The van der Waals surface area contributed by atoms with Crippen molar-refractivity contribution < 1.29 is 14.6 Å². The van der Waals surface area contributed by atoms with E-state index < -0.39 is 0 Å². The van der Waals surface area contributed by atoms with Gasteiger partial charge in [0.2, 0.25) is 11.9 Å². The molecule has 3 N–H and O–H groups in total. The standard InChI is InChI=1S/C20H27N5O3/c1-4-5-14-11-19(25-9-8-16(12-25)21-13(2)26)24-20(22-14)23-15-6-7-18(28-3)17(27)10-15/h6-7,10-11,16,27H,4-5,8-9,12H2,1-3H3,(H,21,26)(H,22,23,24). The van der Waals surface area contributed by atoms with Crippen LogP contribution in [0.3, 0.4) is 0 Å². The highest BCUT2D eigenvalue weighted by atomic mass is 16.5. The molecule has 2 heterocycles. The fourth-order valence-electron chi connectivity index (χ4n) is 3.36. The molecule has 1 aromatic heterocycles. The predicted molar refractivity (Wildman–Crippen MR) is 108 cm³/mol. The van der Waals surface area contributed by atoms with E-state index in [1.165, 1.54) is 7.11 Å². The van der Waals surface area contributed by atoms with Crippen LogP contribution in [0.5, 0.6) is 11.5 Å². The lowest BCUT2D eigenvalue weighted by Crippen LogP contribution is -2.35. The van der Waals surface area contributed by atoms with Crippen molar-refractivity contribution in [2.75, 3.05) is 30.4 Å². The van der Waals surface area contributed by atoms with Crippen LogP contribution >= 0.6 is 0 Å². The molecule has 1 aliphatic heterocycles. The summed E-state index contributed by atoms with van der Waals surface area (Å²) in [4.78, 5) is 22.7. The molecule has 28 heavy (non-hydrogen) atoms. The van der Waals surface area contributed by atoms with Gasteiger partial charge in [-0.15, -0.1) is 0 Å². The van der Waals surface area contributed by atoms with Gasteiger partial charge in [-0.25, -0.2) is 4.98 Å². The molecular weight excluding hydrogens is 358 g/mol. The number of carbonyl (C=O) groups excluding carboxylic acids is 1. The summed E-state index contributed by atoms with van der Waals surface area (Å²) in [6, 6.07) is 7.22. The van der Waals surface area contributed by atoms with Gasteiger partial charge in [0.05, 0.1) is 7.11 Å². The number of hydrogen-bond acceptors (Lipinski definition) is 7. The van der Waals surface area contributed by atoms with Gasteiger partial charge in [0.25, 0.3) is 0 Å². The van der Waals surface area contributed by atoms with Crippen LogP contribution < -0.4 is 20.3 Å². The van der Waals surface area contributed by atoms with Crippen molar-refractivity contribution in [2.45, 2.75) is 39.2 Å². The Morgan fingerprint density at radius 3 is 2.86 bits per heavy atom. The van der Waals surface area contributed by atoms with E-state index in [9.17, 15) is 9.90 Å². The van der Waals surface area contributed by atoms with Crippen molar-refractivity contribution in [3.05, 3.63) is 30.0 Å². The summed E-state index contributed by atoms with van der Waals surface area (Å²) in [5.41, 5.74) is 1.63. The number of ether oxygens (including phenoxy) is 1. The molecule has 0 aliphatic carbocycles. The molecule has 3 rings (SSSR count). The lowest BCUT2D eigenvalue weighted by Gasteiger charge is -2.19. The van der Waals surface area contributed by atoms with E-state index in [1.807, 2.05) is 6.07 Å². The van der Waals surface area contributed by atoms with E-state index >= 15 is 0 Å². The molecule has 1 aromatic carbocycles. The van der Waals surface area contributed by atoms with Gasteiger partial charge in [-0.1, -0.05) is 13.3 Å². The number of carbonyl (C=O) groups is 1. The fourth-order valence-corrected chi connectivity index (χ4v) is 3.36. The second kappa shape index (κ2) is 8.77. The Labute approximate surface area is 165 Å². The lowest BCUT2D eigenvalue weighted by molar-refractivity contribution is -0.119. The Bertz CT molecular complexity index is 843. The first-order valence-electron chi connectivity index (χ1n) is 9.52. The fraction of sp³-hybridized carbons (Fsp3) is 0.450. The highest BCUT2D eigenvalue weighted by Gasteiger charge is 2.24. The molecular formula is C20H27N5O3. The minimum atomic E-state index is -0.0112. The quantitative estimate of drug-likeness (QED) is 0.674. The molecule has 1 amide bonds. The number of hydrogen-bond donors (Lipinski definition) is 3. The van der Waals surface area contributed by atoms with Crippen LogP contribution in [0, 0.1) is 0 Å². The number of aryl methyl sites for hydroxylation is 1. The number of anilines is 3. The van der Waals surface area contributed by atoms with Gasteiger partial charge in [0.1, 0.15) is 5.82 Å². The lowest BCUT2D eigenvalue weighted by atomic mass is 10.2. The molecule has 1 atom stereocenters. The zero-order chi connectivity index (χ0) is 20.1. The summed E-state index contributed by atoms with van der Waals surface area (Å²) in [6.45, 7) is 5.21. The molecule has 8 heteroatoms. The molecule has 0 spiro atoms. The zero-order valence-electron chi connectivity index (χ0n) is 16.5. The monoisotopic (exact) mass is 385 g/mol. The Hall–Kier alpha value is -3.03. The highest BCUT2D eigenvalue weighted by molar-refractivity contribution is 5.73. The summed E-state index contributed by atoms with van der Waals surface area (Å²) in [5, 5.41) is 16.1. The van der Waals surface area contributed by atoms with Gasteiger partial charge in [-0.05, 0) is 25.0 Å². The van der Waals surface area contributed by atoms with Gasteiger partial charge >= 0.3 is 0 Å². The number of methoxy groups -OCH3 is 1. The maximum atomic E-state index is 11.3. The average molecular weight is 385 g/mol. The van der Waals surface area contributed by atoms with E-state index in [-0.39, 0.29) is 17.7 Å². The number of aromatic hydroxyl groups is 1. The first-order valence-corrected chi connectivity index (χ1v) is 9.52. The number of nitrogens with zero attached hydrogens (tertiary/aromatic N) is 3. The zero-order valence-corrected chi connectivity index (χ0v) is 16.5. The van der Waals surface area contributed by atoms with Crippen LogP contribution in [0.4, 0.5) is 17.5 Å². The van der Waals surface area contributed by atoms with Crippen LogP contribution in [0.2, 0.25) is 0 Å². The van der Waals surface area contributed by atoms with Gasteiger partial charge in [0.15, 0.2) is 11.5 Å². The summed E-state index contributed by atoms with van der Waals surface area (Å²) >= 11 is 0. The molecule has 1 fully saturated rings. The van der Waals surface area contributed by atoms with Crippen molar-refractivity contribution in [2.24, 2.45) is 0 Å². The number of benzene rings is 1. The molecule has 8 nitrogen and oxygen atoms in total. The Balaban J connectivity index is 1.81. The summed E-state index contributed by atoms with van der Waals surface area (Å²) in [7, 11) is 1.51. The number of aromatic nitrogens is 2. The van der Waals surface area contributed by atoms with Gasteiger partial charge in [0, 0.05) is 49.6 Å². The normalized spacial score (nSPS) is 16.1. The maximum absolute atomic E-state index is 11.3. The second-order valence-corrected chi connectivity index (χ2v) is 6.93. The topological polar surface area (TPSA) is 99.6 Å². The van der Waals surface area contributed by atoms with Gasteiger partial charge < -0.3 is 25.4 Å². The maximum Gasteiger partial charge on any atom is 0.229 e. The van der Waals surface area contributed by atoms with Gasteiger partial charge in [-0.2, -0.15) is 4.98 Å². The van der Waals surface area contributed by atoms with E-state index in [0.717, 1.165) is 43.9 Å². The smallest absolute Gasteiger partial charge is 0.229 e.